The lowest BCUT2D eigenvalue weighted by molar-refractivity contribution is 0.112. The number of carbonyl (C=O) groups is 1. The van der Waals surface area contributed by atoms with Gasteiger partial charge in [0.1, 0.15) is 0 Å². The fourth-order valence-corrected chi connectivity index (χ4v) is 0.793. The number of carbonyl (C=O) groups excluding carboxylic acids is 1. The fraction of sp³-hybridized carbons (Fsp3) is 0.125. The molecule has 1 nitrogen and oxygen atoms in total. The summed E-state index contributed by atoms with van der Waals surface area (Å²) < 4.78 is 0. The summed E-state index contributed by atoms with van der Waals surface area (Å²) >= 11 is 5.71. The maximum absolute atomic E-state index is 10.2. The quantitative estimate of drug-likeness (QED) is 0.566. The van der Waals surface area contributed by atoms with Crippen LogP contribution < -0.4 is 0 Å². The monoisotopic (exact) mass is 153 g/mol. The Morgan fingerprint density at radius 2 is 2.40 bits per heavy atom. The molecule has 1 aromatic carbocycles. The number of halogens is 1. The Morgan fingerprint density at radius 1 is 1.70 bits per heavy atom. The summed E-state index contributed by atoms with van der Waals surface area (Å²) in [5.74, 6) is 0. The molecule has 1 rings (SSSR count). The largest absolute Gasteiger partial charge is 0.298 e. The van der Waals surface area contributed by atoms with Crippen molar-refractivity contribution in [1.82, 2.24) is 0 Å². The molecule has 1 radical (unpaired) electrons. The maximum Gasteiger partial charge on any atom is 0.150 e. The zero-order valence-electron chi connectivity index (χ0n) is 5.52. The van der Waals surface area contributed by atoms with E-state index in [1.54, 1.807) is 12.1 Å². The van der Waals surface area contributed by atoms with E-state index in [0.717, 1.165) is 11.8 Å². The molecule has 0 aliphatic carbocycles. The van der Waals surface area contributed by atoms with Crippen molar-refractivity contribution in [1.29, 1.82) is 0 Å². The molecule has 1 aromatic rings. The maximum atomic E-state index is 10.2. The van der Waals surface area contributed by atoms with E-state index in [2.05, 4.69) is 6.07 Å². The summed E-state index contributed by atoms with van der Waals surface area (Å²) in [6, 6.07) is 6.08. The number of rotatable bonds is 1. The normalized spacial score (nSPS) is 9.40. The number of aldehydes is 1. The van der Waals surface area contributed by atoms with Crippen LogP contribution in [0.5, 0.6) is 0 Å². The van der Waals surface area contributed by atoms with Gasteiger partial charge in [-0.3, -0.25) is 4.79 Å². The van der Waals surface area contributed by atoms with Crippen LogP contribution in [0, 0.1) is 13.0 Å². The van der Waals surface area contributed by atoms with Gasteiger partial charge >= 0.3 is 0 Å². The lowest BCUT2D eigenvalue weighted by atomic mass is 10.2. The summed E-state index contributed by atoms with van der Waals surface area (Å²) in [5, 5.41) is 0.612. The first-order chi connectivity index (χ1) is 4.74. The summed E-state index contributed by atoms with van der Waals surface area (Å²) in [6.07, 6.45) is 0.728. The van der Waals surface area contributed by atoms with E-state index >= 15 is 0 Å². The molecule has 0 aliphatic rings. The lowest BCUT2D eigenvalue weighted by Gasteiger charge is -1.95. The molecule has 51 valence electrons. The summed E-state index contributed by atoms with van der Waals surface area (Å²) in [7, 11) is 0. The van der Waals surface area contributed by atoms with Gasteiger partial charge in [0.25, 0.3) is 0 Å². The molecule has 2 heteroatoms. The Labute approximate surface area is 64.6 Å². The Kier molecular flexibility index (Phi) is 2.07. The third-order valence-corrected chi connectivity index (χ3v) is 1.65. The molecule has 0 spiro atoms. The third kappa shape index (κ3) is 1.36. The number of hydrogen-bond donors (Lipinski definition) is 0. The molecule has 0 N–H and O–H groups in total. The van der Waals surface area contributed by atoms with Gasteiger partial charge in [-0.05, 0) is 30.7 Å². The minimum atomic E-state index is 0.496. The number of aryl methyl sites for hydroxylation is 1. The Balaban J connectivity index is 3.16. The van der Waals surface area contributed by atoms with E-state index < -0.39 is 0 Å². The van der Waals surface area contributed by atoms with Crippen LogP contribution in [0.15, 0.2) is 12.1 Å². The summed E-state index contributed by atoms with van der Waals surface area (Å²) in [5.41, 5.74) is 1.43. The van der Waals surface area contributed by atoms with E-state index in [1.807, 2.05) is 6.92 Å². The van der Waals surface area contributed by atoms with E-state index in [4.69, 9.17) is 11.6 Å². The van der Waals surface area contributed by atoms with Gasteiger partial charge in [0.2, 0.25) is 0 Å². The zero-order chi connectivity index (χ0) is 7.56. The molecule has 0 aliphatic heterocycles. The second kappa shape index (κ2) is 2.84. The number of benzene rings is 1. The minimum absolute atomic E-state index is 0.496. The molecule has 0 saturated heterocycles. The van der Waals surface area contributed by atoms with Crippen molar-refractivity contribution in [3.63, 3.8) is 0 Å². The van der Waals surface area contributed by atoms with Crippen LogP contribution in [-0.4, -0.2) is 6.29 Å². The van der Waals surface area contributed by atoms with Gasteiger partial charge in [-0.15, -0.1) is 0 Å². The van der Waals surface area contributed by atoms with E-state index in [9.17, 15) is 4.79 Å². The molecular weight excluding hydrogens is 148 g/mol. The predicted molar refractivity (Wildman–Crippen MR) is 40.4 cm³/mol. The van der Waals surface area contributed by atoms with Crippen LogP contribution >= 0.6 is 11.6 Å². The molecule has 0 heterocycles. The van der Waals surface area contributed by atoms with Crippen molar-refractivity contribution >= 4 is 17.9 Å². The Morgan fingerprint density at radius 3 is 2.90 bits per heavy atom. The first-order valence-corrected chi connectivity index (χ1v) is 3.25. The molecule has 0 bridgehead atoms. The number of hydrogen-bond acceptors (Lipinski definition) is 1. The molecule has 0 aromatic heterocycles. The highest BCUT2D eigenvalue weighted by Crippen LogP contribution is 2.14. The molecule has 10 heavy (non-hydrogen) atoms. The smallest absolute Gasteiger partial charge is 0.150 e. The average molecular weight is 154 g/mol. The van der Waals surface area contributed by atoms with Crippen LogP contribution in [-0.2, 0) is 0 Å². The van der Waals surface area contributed by atoms with Crippen molar-refractivity contribution in [2.75, 3.05) is 0 Å². The second-order valence-corrected chi connectivity index (χ2v) is 2.44. The Hall–Kier alpha value is -0.820. The van der Waals surface area contributed by atoms with Gasteiger partial charge in [-0.2, -0.15) is 0 Å². The van der Waals surface area contributed by atoms with Gasteiger partial charge in [-0.25, -0.2) is 0 Å². The van der Waals surface area contributed by atoms with Gasteiger partial charge in [-0.1, -0.05) is 11.6 Å². The van der Waals surface area contributed by atoms with Gasteiger partial charge in [0.05, 0.1) is 0 Å². The molecule has 0 fully saturated rings. The van der Waals surface area contributed by atoms with Crippen molar-refractivity contribution in [3.8, 4) is 0 Å². The van der Waals surface area contributed by atoms with E-state index in [0.29, 0.717) is 10.6 Å². The molecule has 0 amide bonds. The second-order valence-electron chi connectivity index (χ2n) is 2.04. The predicted octanol–water partition coefficient (Wildman–Crippen LogP) is 2.26. The highest BCUT2D eigenvalue weighted by molar-refractivity contribution is 6.31. The highest BCUT2D eigenvalue weighted by atomic mass is 35.5. The zero-order valence-corrected chi connectivity index (χ0v) is 6.27. The van der Waals surface area contributed by atoms with Crippen LogP contribution in [0.3, 0.4) is 0 Å². The Bertz CT molecular complexity index is 255. The van der Waals surface area contributed by atoms with Gasteiger partial charge < -0.3 is 0 Å². The van der Waals surface area contributed by atoms with Crippen LogP contribution in [0.2, 0.25) is 5.02 Å². The van der Waals surface area contributed by atoms with Crippen molar-refractivity contribution in [3.05, 3.63) is 34.3 Å². The van der Waals surface area contributed by atoms with Gasteiger partial charge in [0, 0.05) is 10.6 Å². The molecule has 0 unspecified atom stereocenters. The third-order valence-electron chi connectivity index (χ3n) is 1.24. The van der Waals surface area contributed by atoms with E-state index in [1.165, 1.54) is 0 Å². The summed E-state index contributed by atoms with van der Waals surface area (Å²) in [4.78, 5) is 10.2. The topological polar surface area (TPSA) is 17.1 Å². The van der Waals surface area contributed by atoms with Crippen molar-refractivity contribution < 1.29 is 4.79 Å². The minimum Gasteiger partial charge on any atom is -0.298 e. The van der Waals surface area contributed by atoms with Crippen LogP contribution in [0.4, 0.5) is 0 Å². The first kappa shape index (κ1) is 7.29. The molecule has 0 atom stereocenters. The standard InChI is InChI=1S/C8H6ClO/c1-6-2-3-7(5-10)4-8(6)9/h2,4-5H,1H3. The molecule has 0 saturated carbocycles. The van der Waals surface area contributed by atoms with Gasteiger partial charge in [0.15, 0.2) is 6.29 Å². The molecular formula is C8H6ClO. The average Bonchev–Trinajstić information content (AvgIpc) is 1.95. The summed E-state index contributed by atoms with van der Waals surface area (Å²) in [6.45, 7) is 1.87. The SMILES string of the molecule is Cc1c[c]c(C=O)cc1Cl. The van der Waals surface area contributed by atoms with Crippen LogP contribution in [0.1, 0.15) is 15.9 Å². The highest BCUT2D eigenvalue weighted by Gasteiger charge is 1.95. The lowest BCUT2D eigenvalue weighted by Crippen LogP contribution is -1.81. The fourth-order valence-electron chi connectivity index (χ4n) is 0.621. The van der Waals surface area contributed by atoms with Crippen molar-refractivity contribution in [2.45, 2.75) is 6.92 Å². The van der Waals surface area contributed by atoms with Crippen LogP contribution in [0.25, 0.3) is 0 Å². The van der Waals surface area contributed by atoms with Crippen molar-refractivity contribution in [2.24, 2.45) is 0 Å². The first-order valence-electron chi connectivity index (χ1n) is 2.87. The van der Waals surface area contributed by atoms with E-state index in [-0.39, 0.29) is 0 Å².